The molecule has 0 aliphatic heterocycles. The van der Waals surface area contributed by atoms with Crippen molar-refractivity contribution in [2.75, 3.05) is 39.5 Å². The lowest BCUT2D eigenvalue weighted by atomic mass is 9.98. The normalized spacial score (nSPS) is 11.9. The van der Waals surface area contributed by atoms with Crippen LogP contribution in [0.2, 0.25) is 0 Å². The number of aromatic nitrogens is 2. The van der Waals surface area contributed by atoms with Crippen LogP contribution in [0.4, 0.5) is 26.3 Å². The maximum Gasteiger partial charge on any atom is 0.416 e. The number of rotatable bonds is 15. The number of hydrogen-bond donors (Lipinski definition) is 2. The van der Waals surface area contributed by atoms with Crippen molar-refractivity contribution in [3.63, 3.8) is 0 Å². The van der Waals surface area contributed by atoms with Crippen molar-refractivity contribution in [2.24, 2.45) is 5.73 Å². The zero-order valence-corrected chi connectivity index (χ0v) is 28.9. The van der Waals surface area contributed by atoms with Crippen molar-refractivity contribution in [1.29, 1.82) is 0 Å². The molecule has 0 amide bonds. The third-order valence-electron chi connectivity index (χ3n) is 8.48. The van der Waals surface area contributed by atoms with Gasteiger partial charge in [-0.25, -0.2) is 4.98 Å². The first-order chi connectivity index (χ1) is 24.8. The average molecular weight is 723 g/mol. The van der Waals surface area contributed by atoms with E-state index < -0.39 is 23.5 Å². The molecular formula is C40H40F6N4O2. The summed E-state index contributed by atoms with van der Waals surface area (Å²) >= 11 is 0. The summed E-state index contributed by atoms with van der Waals surface area (Å²) in [4.78, 5) is 4.87. The van der Waals surface area contributed by atoms with Crippen molar-refractivity contribution in [3.8, 4) is 33.9 Å². The summed E-state index contributed by atoms with van der Waals surface area (Å²) in [5.41, 5.74) is 8.61. The van der Waals surface area contributed by atoms with Crippen LogP contribution in [-0.2, 0) is 28.4 Å². The highest BCUT2D eigenvalue weighted by atomic mass is 19.4. The second-order valence-electron chi connectivity index (χ2n) is 12.3. The number of hydrogen-bond acceptors (Lipinski definition) is 5. The highest BCUT2D eigenvalue weighted by Gasteiger charge is 2.38. The fourth-order valence-corrected chi connectivity index (χ4v) is 5.82. The summed E-state index contributed by atoms with van der Waals surface area (Å²) in [5.74, 6) is -0.0308. The zero-order chi connectivity index (χ0) is 37.5. The van der Waals surface area contributed by atoms with Crippen LogP contribution in [0.5, 0.6) is 0 Å². The standard InChI is InChI=1S/C40H40F6N4O2/c1-26-8-4-6-10-34(26)36-37(35-11-7-5-9-27(35)2)50(38(49-36)31-22-32(39(41,42)43)24-33(23-31)40(44,45)46)25-29-12-14-30(15-13-29)28(3)48-17-19-52-21-20-51-18-16-47/h4-15,22-24,48H,3,16-21,25,47H2,1-2H3. The Hall–Kier alpha value is -4.91. The second kappa shape index (κ2) is 16.6. The van der Waals surface area contributed by atoms with Gasteiger partial charge in [-0.05, 0) is 54.3 Å². The van der Waals surface area contributed by atoms with Crippen molar-refractivity contribution < 1.29 is 35.8 Å². The lowest BCUT2D eigenvalue weighted by Gasteiger charge is -2.18. The first kappa shape index (κ1) is 38.3. The van der Waals surface area contributed by atoms with E-state index in [0.29, 0.717) is 62.2 Å². The van der Waals surface area contributed by atoms with Crippen LogP contribution in [-0.4, -0.2) is 49.1 Å². The lowest BCUT2D eigenvalue weighted by Crippen LogP contribution is -2.19. The summed E-state index contributed by atoms with van der Waals surface area (Å²) in [6, 6.07) is 23.8. The molecule has 0 fully saturated rings. The highest BCUT2D eigenvalue weighted by molar-refractivity contribution is 5.85. The van der Waals surface area contributed by atoms with E-state index in [4.69, 9.17) is 20.2 Å². The summed E-state index contributed by atoms with van der Waals surface area (Å²) in [7, 11) is 0. The summed E-state index contributed by atoms with van der Waals surface area (Å²) in [6.45, 7) is 10.7. The molecule has 1 aromatic heterocycles. The van der Waals surface area contributed by atoms with Crippen molar-refractivity contribution >= 4 is 5.70 Å². The van der Waals surface area contributed by atoms with Gasteiger partial charge in [0.15, 0.2) is 0 Å². The number of benzene rings is 4. The maximum atomic E-state index is 14.1. The molecular weight excluding hydrogens is 682 g/mol. The van der Waals surface area contributed by atoms with Crippen LogP contribution < -0.4 is 11.1 Å². The van der Waals surface area contributed by atoms with Gasteiger partial charge in [0.2, 0.25) is 0 Å². The van der Waals surface area contributed by atoms with Crippen molar-refractivity contribution in [2.45, 2.75) is 32.7 Å². The molecule has 3 N–H and O–H groups in total. The maximum absolute atomic E-state index is 14.1. The Bertz CT molecular complexity index is 1950. The van der Waals surface area contributed by atoms with E-state index in [1.54, 1.807) is 4.57 Å². The van der Waals surface area contributed by atoms with Gasteiger partial charge in [0.25, 0.3) is 0 Å². The number of alkyl halides is 6. The Morgan fingerprint density at radius 3 is 1.87 bits per heavy atom. The first-order valence-corrected chi connectivity index (χ1v) is 16.7. The number of ether oxygens (including phenoxy) is 2. The topological polar surface area (TPSA) is 74.3 Å². The van der Waals surface area contributed by atoms with Gasteiger partial charge in [-0.3, -0.25) is 0 Å². The molecule has 12 heteroatoms. The predicted molar refractivity (Wildman–Crippen MR) is 191 cm³/mol. The van der Waals surface area contributed by atoms with Crippen LogP contribution in [0.1, 0.15) is 33.4 Å². The van der Waals surface area contributed by atoms with Crippen LogP contribution in [0.3, 0.4) is 0 Å². The molecule has 0 aliphatic carbocycles. The van der Waals surface area contributed by atoms with Crippen molar-refractivity contribution in [1.82, 2.24) is 14.9 Å². The van der Waals surface area contributed by atoms with Gasteiger partial charge in [-0.1, -0.05) is 79.4 Å². The van der Waals surface area contributed by atoms with E-state index >= 15 is 0 Å². The van der Waals surface area contributed by atoms with Crippen LogP contribution >= 0.6 is 0 Å². The average Bonchev–Trinajstić information content (AvgIpc) is 3.47. The molecule has 274 valence electrons. The highest BCUT2D eigenvalue weighted by Crippen LogP contribution is 2.42. The molecule has 0 saturated heterocycles. The van der Waals surface area contributed by atoms with Crippen LogP contribution in [0.25, 0.3) is 39.6 Å². The predicted octanol–water partition coefficient (Wildman–Crippen LogP) is 9.14. The molecule has 0 bridgehead atoms. The first-order valence-electron chi connectivity index (χ1n) is 16.7. The Balaban J connectivity index is 1.58. The SMILES string of the molecule is C=C(NCCOCCOCCN)c1ccc(Cn2c(-c3cc(C(F)(F)F)cc(C(F)(F)F)c3)nc(-c3ccccc3C)c2-c2ccccc2C)cc1. The molecule has 5 aromatic rings. The smallest absolute Gasteiger partial charge is 0.383 e. The zero-order valence-electron chi connectivity index (χ0n) is 28.9. The molecule has 0 radical (unpaired) electrons. The fraction of sp³-hybridized carbons (Fsp3) is 0.275. The van der Waals surface area contributed by atoms with E-state index in [1.807, 2.05) is 86.6 Å². The third kappa shape index (κ3) is 9.30. The Morgan fingerprint density at radius 1 is 0.750 bits per heavy atom. The Kier molecular flexibility index (Phi) is 12.2. The molecule has 6 nitrogen and oxygen atoms in total. The molecule has 1 heterocycles. The number of imidazole rings is 1. The van der Waals surface area contributed by atoms with Gasteiger partial charge in [0.05, 0.1) is 48.9 Å². The fourth-order valence-electron chi connectivity index (χ4n) is 5.82. The minimum Gasteiger partial charge on any atom is -0.383 e. The molecule has 0 saturated carbocycles. The monoisotopic (exact) mass is 722 g/mol. The van der Waals surface area contributed by atoms with E-state index in [9.17, 15) is 26.3 Å². The Labute approximate surface area is 298 Å². The van der Waals surface area contributed by atoms with Gasteiger partial charge in [0, 0.05) is 42.0 Å². The Morgan fingerprint density at radius 2 is 1.31 bits per heavy atom. The molecule has 5 rings (SSSR count). The van der Waals surface area contributed by atoms with Gasteiger partial charge in [0.1, 0.15) is 5.82 Å². The van der Waals surface area contributed by atoms with E-state index in [2.05, 4.69) is 11.9 Å². The summed E-state index contributed by atoms with van der Waals surface area (Å²) < 4.78 is 97.0. The van der Waals surface area contributed by atoms with Crippen molar-refractivity contribution in [3.05, 3.63) is 131 Å². The largest absolute Gasteiger partial charge is 0.416 e. The summed E-state index contributed by atoms with van der Waals surface area (Å²) in [5, 5.41) is 3.22. The number of aryl methyl sites for hydroxylation is 2. The van der Waals surface area contributed by atoms with Gasteiger partial charge < -0.3 is 25.1 Å². The van der Waals surface area contributed by atoms with E-state index in [-0.39, 0.29) is 24.0 Å². The van der Waals surface area contributed by atoms with Gasteiger partial charge in [-0.15, -0.1) is 0 Å². The number of nitrogens with zero attached hydrogens (tertiary/aromatic N) is 2. The van der Waals surface area contributed by atoms with Crippen LogP contribution in [0.15, 0.2) is 97.6 Å². The molecule has 0 spiro atoms. The minimum absolute atomic E-state index is 0.0308. The minimum atomic E-state index is -5.03. The number of nitrogens with two attached hydrogens (primary N) is 1. The molecule has 52 heavy (non-hydrogen) atoms. The molecule has 4 aromatic carbocycles. The summed E-state index contributed by atoms with van der Waals surface area (Å²) in [6.07, 6.45) is -10.1. The van der Waals surface area contributed by atoms with E-state index in [1.165, 1.54) is 0 Å². The third-order valence-corrected chi connectivity index (χ3v) is 8.48. The lowest BCUT2D eigenvalue weighted by molar-refractivity contribution is -0.143. The van der Waals surface area contributed by atoms with Gasteiger partial charge in [-0.2, -0.15) is 26.3 Å². The molecule has 0 atom stereocenters. The molecule has 0 aliphatic rings. The van der Waals surface area contributed by atoms with E-state index in [0.717, 1.165) is 39.9 Å². The van der Waals surface area contributed by atoms with Gasteiger partial charge >= 0.3 is 12.4 Å². The van der Waals surface area contributed by atoms with Crippen LogP contribution in [0, 0.1) is 13.8 Å². The number of halogens is 6. The number of nitrogens with one attached hydrogen (secondary N) is 1. The molecule has 0 unspecified atom stereocenters. The second-order valence-corrected chi connectivity index (χ2v) is 12.3. The quantitative estimate of drug-likeness (QED) is 0.0834.